The maximum absolute atomic E-state index is 13.4. The normalized spacial score (nSPS) is 12.9. The van der Waals surface area contributed by atoms with Crippen LogP contribution < -0.4 is 10.8 Å². The van der Waals surface area contributed by atoms with Crippen LogP contribution >= 0.6 is 0 Å². The van der Waals surface area contributed by atoms with E-state index in [1.807, 2.05) is 72.8 Å². The van der Waals surface area contributed by atoms with Crippen LogP contribution in [0.3, 0.4) is 0 Å². The first-order chi connectivity index (χ1) is 19.6. The summed E-state index contributed by atoms with van der Waals surface area (Å²) in [6.07, 6.45) is 0.401. The molecule has 2 N–H and O–H groups in total. The Balaban J connectivity index is 1.69. The van der Waals surface area contributed by atoms with E-state index in [1.165, 1.54) is 7.11 Å². The lowest BCUT2D eigenvalue weighted by Crippen LogP contribution is -2.47. The van der Waals surface area contributed by atoms with Gasteiger partial charge in [-0.2, -0.15) is 0 Å². The zero-order valence-electron chi connectivity index (χ0n) is 24.3. The number of methoxy groups -OCH3 is 1. The number of ether oxygens (including phenoxy) is 1. The molecule has 0 radical (unpaired) electrons. The molecule has 0 saturated heterocycles. The molecule has 0 aliphatic heterocycles. The van der Waals surface area contributed by atoms with Gasteiger partial charge in [-0.15, -0.1) is 0 Å². The van der Waals surface area contributed by atoms with Crippen molar-refractivity contribution in [2.45, 2.75) is 64.5 Å². The van der Waals surface area contributed by atoms with Crippen LogP contribution in [0.15, 0.2) is 72.8 Å². The number of fused-ring (bicyclic) bond motifs is 1. The van der Waals surface area contributed by atoms with Crippen LogP contribution in [0.5, 0.6) is 0 Å². The Morgan fingerprint density at radius 3 is 2.24 bits per heavy atom. The third-order valence-electron chi connectivity index (χ3n) is 6.55. The lowest BCUT2D eigenvalue weighted by Gasteiger charge is -2.23. The third kappa shape index (κ3) is 10.6. The lowest BCUT2D eigenvalue weighted by atomic mass is 9.93. The Hall–Kier alpha value is -3.88. The molecule has 0 bridgehead atoms. The highest BCUT2D eigenvalue weighted by molar-refractivity contribution is 5.94. The molecule has 8 heteroatoms. The summed E-state index contributed by atoms with van der Waals surface area (Å²) in [5.41, 5.74) is 3.59. The van der Waals surface area contributed by atoms with Gasteiger partial charge in [-0.25, -0.2) is 5.48 Å². The molecule has 0 heterocycles. The molecule has 3 aromatic carbocycles. The van der Waals surface area contributed by atoms with E-state index in [-0.39, 0.29) is 43.9 Å². The van der Waals surface area contributed by atoms with Crippen molar-refractivity contribution in [3.8, 4) is 0 Å². The van der Waals surface area contributed by atoms with Crippen molar-refractivity contribution in [1.82, 2.24) is 10.8 Å². The molecule has 2 atom stereocenters. The van der Waals surface area contributed by atoms with Gasteiger partial charge in [-0.3, -0.25) is 24.0 Å². The number of benzene rings is 3. The number of carbonyl (C=O) groups is 4. The van der Waals surface area contributed by atoms with Crippen LogP contribution in [-0.2, 0) is 41.6 Å². The van der Waals surface area contributed by atoms with Gasteiger partial charge in [0.1, 0.15) is 11.8 Å². The molecule has 0 aliphatic rings. The van der Waals surface area contributed by atoms with Crippen LogP contribution in [0.1, 0.15) is 51.2 Å². The van der Waals surface area contributed by atoms with E-state index in [1.54, 1.807) is 20.8 Å². The first-order valence-electron chi connectivity index (χ1n) is 13.9. The van der Waals surface area contributed by atoms with Gasteiger partial charge in [-0.1, -0.05) is 72.8 Å². The molecule has 0 fully saturated rings. The molecule has 0 saturated carbocycles. The molecule has 0 aliphatic carbocycles. The molecular weight excluding hydrogens is 520 g/mol. The summed E-state index contributed by atoms with van der Waals surface area (Å²) in [6.45, 7) is 5.31. The SMILES string of the molecule is COC[C@H](NC(=O)[C@@H](CC(=O)Cc1ccccc1)CC(=O)NOC(C)(C)C)C(=O)CCc1cccc2ccccc12. The Labute approximate surface area is 241 Å². The second kappa shape index (κ2) is 15.2. The summed E-state index contributed by atoms with van der Waals surface area (Å²) in [6, 6.07) is 22.2. The highest BCUT2D eigenvalue weighted by atomic mass is 16.7. The molecule has 2 amide bonds. The van der Waals surface area contributed by atoms with Crippen LogP contribution in [0, 0.1) is 5.92 Å². The average Bonchev–Trinajstić information content (AvgIpc) is 2.94. The number of aryl methyl sites for hydroxylation is 1. The van der Waals surface area contributed by atoms with Gasteiger partial charge in [-0.05, 0) is 49.1 Å². The average molecular weight is 561 g/mol. The van der Waals surface area contributed by atoms with E-state index >= 15 is 0 Å². The van der Waals surface area contributed by atoms with Crippen molar-refractivity contribution in [2.75, 3.05) is 13.7 Å². The number of hydrogen-bond acceptors (Lipinski definition) is 6. The fraction of sp³-hybridized carbons (Fsp3) is 0.394. The van der Waals surface area contributed by atoms with Crippen LogP contribution in [0.25, 0.3) is 10.8 Å². The maximum atomic E-state index is 13.4. The Morgan fingerprint density at radius 1 is 0.854 bits per heavy atom. The van der Waals surface area contributed by atoms with E-state index < -0.39 is 29.4 Å². The summed E-state index contributed by atoms with van der Waals surface area (Å²) < 4.78 is 5.24. The van der Waals surface area contributed by atoms with E-state index in [4.69, 9.17) is 9.57 Å². The minimum absolute atomic E-state index is 0.0237. The van der Waals surface area contributed by atoms with Crippen molar-refractivity contribution in [3.05, 3.63) is 83.9 Å². The standard InChI is InChI=1S/C33H40N2O6/c1-33(2,3)41-35-31(38)21-26(20-27(36)19-23-11-6-5-7-12-23)32(39)34-29(22-40-4)30(37)18-17-25-15-10-14-24-13-8-9-16-28(24)25/h5-16,26,29H,17-22H2,1-4H3,(H,34,39)(H,35,38)/t26-,29-/m0/s1. The van der Waals surface area contributed by atoms with E-state index in [9.17, 15) is 19.2 Å². The smallest absolute Gasteiger partial charge is 0.244 e. The minimum atomic E-state index is -0.986. The van der Waals surface area contributed by atoms with Crippen LogP contribution in [0.4, 0.5) is 0 Å². The molecule has 3 aromatic rings. The number of rotatable bonds is 15. The Kier molecular flexibility index (Phi) is 11.7. The topological polar surface area (TPSA) is 111 Å². The summed E-state index contributed by atoms with van der Waals surface area (Å²) in [4.78, 5) is 57.5. The highest BCUT2D eigenvalue weighted by Crippen LogP contribution is 2.20. The predicted molar refractivity (Wildman–Crippen MR) is 158 cm³/mol. The number of carbonyl (C=O) groups excluding carboxylic acids is 4. The first kappa shape index (κ1) is 31.6. The third-order valence-corrected chi connectivity index (χ3v) is 6.55. The molecule has 8 nitrogen and oxygen atoms in total. The van der Waals surface area contributed by atoms with Gasteiger partial charge in [0, 0.05) is 32.8 Å². The molecule has 0 spiro atoms. The molecule has 3 rings (SSSR count). The van der Waals surface area contributed by atoms with Crippen molar-refractivity contribution < 1.29 is 28.8 Å². The summed E-state index contributed by atoms with van der Waals surface area (Å²) in [5, 5.41) is 4.92. The predicted octanol–water partition coefficient (Wildman–Crippen LogP) is 4.53. The zero-order valence-corrected chi connectivity index (χ0v) is 24.3. The number of ketones is 2. The second-order valence-electron chi connectivity index (χ2n) is 11.2. The summed E-state index contributed by atoms with van der Waals surface area (Å²) in [7, 11) is 1.45. The maximum Gasteiger partial charge on any atom is 0.244 e. The summed E-state index contributed by atoms with van der Waals surface area (Å²) >= 11 is 0. The van der Waals surface area contributed by atoms with Gasteiger partial charge >= 0.3 is 0 Å². The van der Waals surface area contributed by atoms with Gasteiger partial charge in [0.25, 0.3) is 0 Å². The van der Waals surface area contributed by atoms with Gasteiger partial charge in [0.05, 0.1) is 18.1 Å². The molecule has 0 aromatic heterocycles. The van der Waals surface area contributed by atoms with Crippen LogP contribution in [-0.4, -0.2) is 48.7 Å². The van der Waals surface area contributed by atoms with Gasteiger partial charge in [0.2, 0.25) is 11.8 Å². The Morgan fingerprint density at radius 2 is 1.54 bits per heavy atom. The molecule has 218 valence electrons. The van der Waals surface area contributed by atoms with Crippen molar-refractivity contribution >= 4 is 34.2 Å². The van der Waals surface area contributed by atoms with Gasteiger partial charge < -0.3 is 10.1 Å². The van der Waals surface area contributed by atoms with Crippen molar-refractivity contribution in [3.63, 3.8) is 0 Å². The largest absolute Gasteiger partial charge is 0.382 e. The lowest BCUT2D eigenvalue weighted by molar-refractivity contribution is -0.148. The monoisotopic (exact) mass is 560 g/mol. The number of hydroxylamine groups is 1. The fourth-order valence-corrected chi connectivity index (χ4v) is 4.52. The van der Waals surface area contributed by atoms with E-state index in [2.05, 4.69) is 10.8 Å². The number of amides is 2. The van der Waals surface area contributed by atoms with Gasteiger partial charge in [0.15, 0.2) is 5.78 Å². The summed E-state index contributed by atoms with van der Waals surface area (Å²) in [5.74, 6) is -2.45. The quantitative estimate of drug-likeness (QED) is 0.264. The van der Waals surface area contributed by atoms with Crippen molar-refractivity contribution in [1.29, 1.82) is 0 Å². The highest BCUT2D eigenvalue weighted by Gasteiger charge is 2.29. The number of nitrogens with one attached hydrogen (secondary N) is 2. The number of Topliss-reactive ketones (excluding diaryl/α,β-unsaturated/α-hetero) is 2. The minimum Gasteiger partial charge on any atom is -0.382 e. The fourth-order valence-electron chi connectivity index (χ4n) is 4.52. The van der Waals surface area contributed by atoms with Crippen LogP contribution in [0.2, 0.25) is 0 Å². The first-order valence-corrected chi connectivity index (χ1v) is 13.9. The number of hydrogen-bond donors (Lipinski definition) is 2. The van der Waals surface area contributed by atoms with E-state index in [0.29, 0.717) is 6.42 Å². The molecule has 41 heavy (non-hydrogen) atoms. The van der Waals surface area contributed by atoms with E-state index in [0.717, 1.165) is 21.9 Å². The Bertz CT molecular complexity index is 1330. The molecule has 0 unspecified atom stereocenters. The second-order valence-corrected chi connectivity index (χ2v) is 11.2. The molecular formula is C33H40N2O6. The zero-order chi connectivity index (χ0) is 29.8. The van der Waals surface area contributed by atoms with Crippen molar-refractivity contribution in [2.24, 2.45) is 5.92 Å².